The highest BCUT2D eigenvalue weighted by Gasteiger charge is 2.35. The lowest BCUT2D eigenvalue weighted by Gasteiger charge is -2.36. The van der Waals surface area contributed by atoms with Crippen LogP contribution in [0, 0.1) is 0 Å². The average Bonchev–Trinajstić information content (AvgIpc) is 2.43. The van der Waals surface area contributed by atoms with Crippen LogP contribution in [0.25, 0.3) is 0 Å². The summed E-state index contributed by atoms with van der Waals surface area (Å²) in [5.74, 6) is -1.40. The van der Waals surface area contributed by atoms with Crippen molar-refractivity contribution in [1.29, 1.82) is 0 Å². The predicted molar refractivity (Wildman–Crippen MR) is 65.7 cm³/mol. The molecule has 1 aliphatic heterocycles. The highest BCUT2D eigenvalue weighted by Crippen LogP contribution is 2.10. The number of ether oxygens (including phenoxy) is 1. The molecule has 2 N–H and O–H groups in total. The Labute approximate surface area is 111 Å². The average molecular weight is 273 g/mol. The zero-order valence-corrected chi connectivity index (χ0v) is 11.1. The standard InChI is InChI=1S/C11H19N3O5/c1-3-13(6-9(15)12-2)11(18)14-4-5-19-7-8(14)10(16)17/h8H,3-7H2,1-2H3,(H,12,15)(H,16,17). The first-order valence-corrected chi connectivity index (χ1v) is 6.08. The Kier molecular flexibility index (Phi) is 5.56. The van der Waals surface area contributed by atoms with E-state index in [2.05, 4.69) is 5.32 Å². The second kappa shape index (κ2) is 6.93. The fourth-order valence-electron chi connectivity index (χ4n) is 1.79. The van der Waals surface area contributed by atoms with E-state index >= 15 is 0 Å². The van der Waals surface area contributed by atoms with Gasteiger partial charge in [0.1, 0.15) is 6.54 Å². The van der Waals surface area contributed by atoms with Crippen LogP contribution in [-0.4, -0.2) is 78.8 Å². The molecule has 1 fully saturated rings. The fourth-order valence-corrected chi connectivity index (χ4v) is 1.79. The van der Waals surface area contributed by atoms with E-state index < -0.39 is 18.0 Å². The van der Waals surface area contributed by atoms with Crippen LogP contribution in [-0.2, 0) is 14.3 Å². The molecule has 0 aromatic heterocycles. The third-order valence-corrected chi connectivity index (χ3v) is 2.92. The van der Waals surface area contributed by atoms with E-state index in [1.165, 1.54) is 16.8 Å². The van der Waals surface area contributed by atoms with Gasteiger partial charge in [-0.05, 0) is 6.92 Å². The largest absolute Gasteiger partial charge is 0.480 e. The van der Waals surface area contributed by atoms with Crippen LogP contribution in [0.15, 0.2) is 0 Å². The van der Waals surface area contributed by atoms with Crippen molar-refractivity contribution in [1.82, 2.24) is 15.1 Å². The molecule has 1 rings (SSSR count). The lowest BCUT2D eigenvalue weighted by Crippen LogP contribution is -2.57. The minimum absolute atomic E-state index is 0.0292. The van der Waals surface area contributed by atoms with Gasteiger partial charge in [-0.1, -0.05) is 0 Å². The number of morpholine rings is 1. The van der Waals surface area contributed by atoms with E-state index in [1.54, 1.807) is 6.92 Å². The third kappa shape index (κ3) is 3.82. The summed E-state index contributed by atoms with van der Waals surface area (Å²) in [7, 11) is 1.48. The molecule has 0 bridgehead atoms. The Morgan fingerprint density at radius 3 is 2.68 bits per heavy atom. The maximum Gasteiger partial charge on any atom is 0.328 e. The number of carbonyl (C=O) groups is 3. The first-order valence-electron chi connectivity index (χ1n) is 6.08. The summed E-state index contributed by atoms with van der Waals surface area (Å²) in [4.78, 5) is 37.2. The molecular weight excluding hydrogens is 254 g/mol. The van der Waals surface area contributed by atoms with Crippen LogP contribution in [0.3, 0.4) is 0 Å². The molecule has 0 radical (unpaired) electrons. The first kappa shape index (κ1) is 15.2. The highest BCUT2D eigenvalue weighted by atomic mass is 16.5. The number of aliphatic carboxylic acids is 1. The van der Waals surface area contributed by atoms with Crippen LogP contribution < -0.4 is 5.32 Å². The second-order valence-electron chi connectivity index (χ2n) is 4.09. The van der Waals surface area contributed by atoms with Gasteiger partial charge in [-0.15, -0.1) is 0 Å². The van der Waals surface area contributed by atoms with Crippen molar-refractivity contribution in [3.8, 4) is 0 Å². The zero-order chi connectivity index (χ0) is 14.4. The first-order chi connectivity index (χ1) is 9.01. The molecule has 0 aliphatic carbocycles. The highest BCUT2D eigenvalue weighted by molar-refractivity contribution is 5.86. The number of carbonyl (C=O) groups excluding carboxylic acids is 2. The van der Waals surface area contributed by atoms with Crippen molar-refractivity contribution < 1.29 is 24.2 Å². The Morgan fingerprint density at radius 1 is 1.47 bits per heavy atom. The molecule has 0 spiro atoms. The van der Waals surface area contributed by atoms with Crippen LogP contribution in [0.1, 0.15) is 6.92 Å². The van der Waals surface area contributed by atoms with E-state index in [-0.39, 0.29) is 25.6 Å². The summed E-state index contributed by atoms with van der Waals surface area (Å²) < 4.78 is 5.07. The summed E-state index contributed by atoms with van der Waals surface area (Å²) in [5, 5.41) is 11.5. The SMILES string of the molecule is CCN(CC(=O)NC)C(=O)N1CCOCC1C(=O)O. The summed E-state index contributed by atoms with van der Waals surface area (Å²) in [6.45, 7) is 2.45. The lowest BCUT2D eigenvalue weighted by atomic mass is 10.2. The monoisotopic (exact) mass is 273 g/mol. The quantitative estimate of drug-likeness (QED) is 0.681. The molecule has 0 aromatic rings. The van der Waals surface area contributed by atoms with Gasteiger partial charge in [0.15, 0.2) is 6.04 Å². The van der Waals surface area contributed by atoms with Gasteiger partial charge >= 0.3 is 12.0 Å². The van der Waals surface area contributed by atoms with Gasteiger partial charge in [0.2, 0.25) is 5.91 Å². The minimum atomic E-state index is -1.11. The maximum absolute atomic E-state index is 12.2. The maximum atomic E-state index is 12.2. The van der Waals surface area contributed by atoms with Gasteiger partial charge in [-0.3, -0.25) is 4.79 Å². The van der Waals surface area contributed by atoms with Gasteiger partial charge in [0, 0.05) is 20.1 Å². The molecule has 0 aromatic carbocycles. The van der Waals surface area contributed by atoms with Crippen molar-refractivity contribution in [2.45, 2.75) is 13.0 Å². The van der Waals surface area contributed by atoms with Gasteiger partial charge in [0.25, 0.3) is 0 Å². The lowest BCUT2D eigenvalue weighted by molar-refractivity contribution is -0.147. The Hall–Kier alpha value is -1.83. The second-order valence-corrected chi connectivity index (χ2v) is 4.09. The van der Waals surface area contributed by atoms with E-state index in [0.29, 0.717) is 13.2 Å². The minimum Gasteiger partial charge on any atom is -0.480 e. The number of carboxylic acid groups (broad SMARTS) is 1. The number of nitrogens with zero attached hydrogens (tertiary/aromatic N) is 2. The number of nitrogens with one attached hydrogen (secondary N) is 1. The van der Waals surface area contributed by atoms with Gasteiger partial charge in [-0.2, -0.15) is 0 Å². The zero-order valence-electron chi connectivity index (χ0n) is 11.1. The summed E-state index contributed by atoms with van der Waals surface area (Å²) in [6, 6.07) is -1.46. The topological polar surface area (TPSA) is 99.2 Å². The van der Waals surface area contributed by atoms with Gasteiger partial charge in [-0.25, -0.2) is 9.59 Å². The van der Waals surface area contributed by atoms with Crippen molar-refractivity contribution in [2.24, 2.45) is 0 Å². The summed E-state index contributed by atoms with van der Waals surface area (Å²) >= 11 is 0. The Morgan fingerprint density at radius 2 is 2.16 bits per heavy atom. The molecular formula is C11H19N3O5. The summed E-state index contributed by atoms with van der Waals surface area (Å²) in [6.07, 6.45) is 0. The predicted octanol–water partition coefficient (Wildman–Crippen LogP) is -1.04. The fraction of sp³-hybridized carbons (Fsp3) is 0.727. The van der Waals surface area contributed by atoms with E-state index in [9.17, 15) is 14.4 Å². The Bertz CT molecular complexity index is 360. The number of hydrogen-bond acceptors (Lipinski definition) is 4. The number of urea groups is 1. The van der Waals surface area contributed by atoms with Crippen molar-refractivity contribution in [2.75, 3.05) is 39.9 Å². The van der Waals surface area contributed by atoms with E-state index in [0.717, 1.165) is 0 Å². The van der Waals surface area contributed by atoms with Crippen molar-refractivity contribution >= 4 is 17.9 Å². The number of hydrogen-bond donors (Lipinski definition) is 2. The molecule has 1 heterocycles. The van der Waals surface area contributed by atoms with Gasteiger partial charge < -0.3 is 25.0 Å². The molecule has 8 heteroatoms. The van der Waals surface area contributed by atoms with E-state index in [4.69, 9.17) is 9.84 Å². The smallest absolute Gasteiger partial charge is 0.328 e. The molecule has 3 amide bonds. The number of amides is 3. The molecule has 1 aliphatic rings. The number of carboxylic acids is 1. The van der Waals surface area contributed by atoms with Crippen LogP contribution in [0.4, 0.5) is 4.79 Å². The molecule has 1 saturated heterocycles. The van der Waals surface area contributed by atoms with Crippen LogP contribution in [0.2, 0.25) is 0 Å². The molecule has 1 atom stereocenters. The van der Waals surface area contributed by atoms with Gasteiger partial charge in [0.05, 0.1) is 13.2 Å². The molecule has 1 unspecified atom stereocenters. The van der Waals surface area contributed by atoms with E-state index in [1.807, 2.05) is 0 Å². The summed E-state index contributed by atoms with van der Waals surface area (Å²) in [5.41, 5.74) is 0. The van der Waals surface area contributed by atoms with Crippen LogP contribution >= 0.6 is 0 Å². The Balaban J connectivity index is 2.76. The molecule has 8 nitrogen and oxygen atoms in total. The van der Waals surface area contributed by atoms with Crippen molar-refractivity contribution in [3.05, 3.63) is 0 Å². The molecule has 19 heavy (non-hydrogen) atoms. The van der Waals surface area contributed by atoms with Crippen LogP contribution in [0.5, 0.6) is 0 Å². The number of likely N-dealkylation sites (N-methyl/N-ethyl adjacent to an activating group) is 2. The molecule has 108 valence electrons. The van der Waals surface area contributed by atoms with Crippen molar-refractivity contribution in [3.63, 3.8) is 0 Å². The normalized spacial score (nSPS) is 18.8. The third-order valence-electron chi connectivity index (χ3n) is 2.92. The molecule has 0 saturated carbocycles. The number of rotatable bonds is 4.